The maximum atomic E-state index is 12.9. The van der Waals surface area contributed by atoms with Crippen LogP contribution in [0.5, 0.6) is 5.75 Å². The number of alkyl halides is 5. The second-order valence-electron chi connectivity index (χ2n) is 3.63. The van der Waals surface area contributed by atoms with Gasteiger partial charge in [-0.2, -0.15) is 0 Å². The van der Waals surface area contributed by atoms with Gasteiger partial charge >= 0.3 is 12.3 Å². The van der Waals surface area contributed by atoms with E-state index in [-0.39, 0.29) is 10.2 Å². The Labute approximate surface area is 129 Å². The van der Waals surface area contributed by atoms with Crippen LogP contribution in [0.15, 0.2) is 6.20 Å². The molecule has 0 radical (unpaired) electrons. The van der Waals surface area contributed by atoms with Crippen molar-refractivity contribution in [3.05, 3.63) is 21.0 Å². The smallest absolute Gasteiger partial charge is 0.466 e. The third-order valence-electron chi connectivity index (χ3n) is 2.17. The van der Waals surface area contributed by atoms with Gasteiger partial charge in [0.25, 0.3) is 6.43 Å². The van der Waals surface area contributed by atoms with Crippen molar-refractivity contribution in [2.24, 2.45) is 0 Å². The summed E-state index contributed by atoms with van der Waals surface area (Å²) in [7, 11) is 0. The van der Waals surface area contributed by atoms with Crippen LogP contribution in [0.4, 0.5) is 22.0 Å². The fourth-order valence-corrected chi connectivity index (χ4v) is 2.04. The Morgan fingerprint density at radius 2 is 2.05 bits per heavy atom. The third-order valence-corrected chi connectivity index (χ3v) is 2.94. The average molecular weight is 425 g/mol. The molecule has 21 heavy (non-hydrogen) atoms. The van der Waals surface area contributed by atoms with E-state index in [4.69, 9.17) is 0 Å². The van der Waals surface area contributed by atoms with Crippen molar-refractivity contribution in [3.8, 4) is 5.75 Å². The van der Waals surface area contributed by atoms with E-state index in [0.717, 1.165) is 6.20 Å². The van der Waals surface area contributed by atoms with E-state index in [2.05, 4.69) is 14.5 Å². The van der Waals surface area contributed by atoms with Gasteiger partial charge in [0.05, 0.1) is 16.6 Å². The van der Waals surface area contributed by atoms with E-state index >= 15 is 0 Å². The molecule has 0 aliphatic carbocycles. The summed E-state index contributed by atoms with van der Waals surface area (Å²) in [5.74, 6) is -1.81. The van der Waals surface area contributed by atoms with E-state index < -0.39 is 42.2 Å². The van der Waals surface area contributed by atoms with E-state index in [1.807, 2.05) is 0 Å². The Morgan fingerprint density at radius 3 is 2.52 bits per heavy atom. The number of rotatable bonds is 5. The molecule has 0 aliphatic heterocycles. The molecule has 0 aromatic carbocycles. The maximum Gasteiger partial charge on any atom is 0.573 e. The van der Waals surface area contributed by atoms with Crippen LogP contribution in [0.25, 0.3) is 0 Å². The minimum Gasteiger partial charge on any atom is -0.466 e. The zero-order valence-corrected chi connectivity index (χ0v) is 12.7. The number of halogens is 6. The van der Waals surface area contributed by atoms with Gasteiger partial charge in [-0.25, -0.2) is 8.78 Å². The number of hydrogen-bond donors (Lipinski definition) is 0. The SMILES string of the molecule is CCOC(=O)Cc1c(C(F)F)ncc(I)c1OC(F)(F)F. The lowest BCUT2D eigenvalue weighted by atomic mass is 10.1. The summed E-state index contributed by atoms with van der Waals surface area (Å²) in [5.41, 5.74) is -1.57. The predicted molar refractivity (Wildman–Crippen MR) is 68.9 cm³/mol. The first-order valence-corrected chi connectivity index (χ1v) is 6.60. The van der Waals surface area contributed by atoms with Crippen LogP contribution in [-0.4, -0.2) is 23.9 Å². The van der Waals surface area contributed by atoms with Crippen LogP contribution in [0, 0.1) is 3.57 Å². The lowest BCUT2D eigenvalue weighted by Gasteiger charge is -2.17. The fraction of sp³-hybridized carbons (Fsp3) is 0.455. The van der Waals surface area contributed by atoms with Gasteiger partial charge in [-0.3, -0.25) is 9.78 Å². The lowest BCUT2D eigenvalue weighted by Crippen LogP contribution is -2.21. The number of hydrogen-bond acceptors (Lipinski definition) is 4. The summed E-state index contributed by atoms with van der Waals surface area (Å²) in [6.45, 7) is 1.45. The van der Waals surface area contributed by atoms with Crippen molar-refractivity contribution in [1.29, 1.82) is 0 Å². The van der Waals surface area contributed by atoms with Crippen LogP contribution in [0.1, 0.15) is 24.6 Å². The number of pyridine rings is 1. The average Bonchev–Trinajstić information content (AvgIpc) is 2.32. The molecule has 0 saturated heterocycles. The first-order valence-electron chi connectivity index (χ1n) is 5.52. The molecular formula is C11H9F5INO3. The normalized spacial score (nSPS) is 11.6. The molecule has 1 heterocycles. The number of carbonyl (C=O) groups excluding carboxylic acids is 1. The summed E-state index contributed by atoms with van der Waals surface area (Å²) >= 11 is 1.45. The third kappa shape index (κ3) is 5.25. The van der Waals surface area contributed by atoms with Crippen LogP contribution in [0.3, 0.4) is 0 Å². The Balaban J connectivity index is 3.31. The highest BCUT2D eigenvalue weighted by Crippen LogP contribution is 2.35. The van der Waals surface area contributed by atoms with E-state index in [1.54, 1.807) is 0 Å². The molecule has 0 saturated carbocycles. The van der Waals surface area contributed by atoms with Crippen LogP contribution < -0.4 is 4.74 Å². The molecule has 0 unspecified atom stereocenters. The Hall–Kier alpha value is -1.20. The second-order valence-corrected chi connectivity index (χ2v) is 4.79. The summed E-state index contributed by atoms with van der Waals surface area (Å²) in [6, 6.07) is 0. The van der Waals surface area contributed by atoms with Crippen LogP contribution in [-0.2, 0) is 16.0 Å². The number of aromatic nitrogens is 1. The zero-order chi connectivity index (χ0) is 16.2. The number of ether oxygens (including phenoxy) is 2. The number of nitrogens with zero attached hydrogens (tertiary/aromatic N) is 1. The second kappa shape index (κ2) is 7.18. The highest BCUT2D eigenvalue weighted by molar-refractivity contribution is 14.1. The quantitative estimate of drug-likeness (QED) is 0.411. The minimum atomic E-state index is -5.08. The highest BCUT2D eigenvalue weighted by atomic mass is 127. The molecule has 0 fully saturated rings. The molecule has 1 aromatic rings. The van der Waals surface area contributed by atoms with E-state index in [0.29, 0.717) is 0 Å². The zero-order valence-electron chi connectivity index (χ0n) is 10.5. The Kier molecular flexibility index (Phi) is 6.10. The van der Waals surface area contributed by atoms with Crippen molar-refractivity contribution in [2.45, 2.75) is 26.1 Å². The summed E-state index contributed by atoms with van der Waals surface area (Å²) in [4.78, 5) is 14.8. The monoisotopic (exact) mass is 425 g/mol. The largest absolute Gasteiger partial charge is 0.573 e. The van der Waals surface area contributed by atoms with Crippen molar-refractivity contribution in [3.63, 3.8) is 0 Å². The van der Waals surface area contributed by atoms with Gasteiger partial charge < -0.3 is 9.47 Å². The molecule has 0 N–H and O–H groups in total. The predicted octanol–water partition coefficient (Wildman–Crippen LogP) is 3.63. The standard InChI is InChI=1S/C11H9F5INO3/c1-2-20-7(19)3-5-8(10(12)13)18-4-6(17)9(5)21-11(14,15)16/h4,10H,2-3H2,1H3. The molecule has 10 heteroatoms. The molecule has 0 spiro atoms. The van der Waals surface area contributed by atoms with Crippen LogP contribution in [0.2, 0.25) is 0 Å². The van der Waals surface area contributed by atoms with Crippen LogP contribution >= 0.6 is 22.6 Å². The molecule has 118 valence electrons. The number of esters is 1. The molecule has 4 nitrogen and oxygen atoms in total. The summed E-state index contributed by atoms with van der Waals surface area (Å²) < 4.78 is 71.0. The molecule has 0 amide bonds. The molecule has 0 atom stereocenters. The molecular weight excluding hydrogens is 416 g/mol. The lowest BCUT2D eigenvalue weighted by molar-refractivity contribution is -0.275. The Morgan fingerprint density at radius 1 is 1.43 bits per heavy atom. The Bertz CT molecular complexity index is 521. The number of carbonyl (C=O) groups is 1. The van der Waals surface area contributed by atoms with E-state index in [1.165, 1.54) is 29.5 Å². The van der Waals surface area contributed by atoms with Gasteiger partial charge in [0.1, 0.15) is 11.4 Å². The maximum absolute atomic E-state index is 12.9. The highest BCUT2D eigenvalue weighted by Gasteiger charge is 2.35. The van der Waals surface area contributed by atoms with Gasteiger partial charge in [-0.05, 0) is 29.5 Å². The van der Waals surface area contributed by atoms with Gasteiger partial charge in [-0.1, -0.05) is 0 Å². The van der Waals surface area contributed by atoms with Gasteiger partial charge in [0, 0.05) is 11.8 Å². The first-order chi connectivity index (χ1) is 9.65. The van der Waals surface area contributed by atoms with Crippen molar-refractivity contribution in [1.82, 2.24) is 4.98 Å². The summed E-state index contributed by atoms with van der Waals surface area (Å²) in [5, 5.41) is 0. The van der Waals surface area contributed by atoms with Crippen molar-refractivity contribution in [2.75, 3.05) is 6.61 Å². The van der Waals surface area contributed by atoms with Gasteiger partial charge in [0.15, 0.2) is 0 Å². The molecule has 1 aromatic heterocycles. The molecule has 0 bridgehead atoms. The minimum absolute atomic E-state index is 0.0321. The summed E-state index contributed by atoms with van der Waals surface area (Å²) in [6.07, 6.45) is -8.20. The van der Waals surface area contributed by atoms with E-state index in [9.17, 15) is 26.7 Å². The molecule has 1 rings (SSSR count). The van der Waals surface area contributed by atoms with Gasteiger partial charge in [0.2, 0.25) is 0 Å². The van der Waals surface area contributed by atoms with Crippen molar-refractivity contribution < 1.29 is 36.2 Å². The van der Waals surface area contributed by atoms with Crippen molar-refractivity contribution >= 4 is 28.6 Å². The topological polar surface area (TPSA) is 48.4 Å². The van der Waals surface area contributed by atoms with Gasteiger partial charge in [-0.15, -0.1) is 13.2 Å². The fourth-order valence-electron chi connectivity index (χ4n) is 1.46. The first kappa shape index (κ1) is 17.9. The molecule has 0 aliphatic rings.